The smallest absolute Gasteiger partial charge is 0.130 e. The molecule has 84 valence electrons. The summed E-state index contributed by atoms with van der Waals surface area (Å²) in [6, 6.07) is 20.6. The molecule has 17 heavy (non-hydrogen) atoms. The number of benzene rings is 2. The fourth-order valence-electron chi connectivity index (χ4n) is 1.32. The standard InChI is InChI=1S/C14H12.CHNS/c1-3-7-13(8-4-1)11-12-14-9-5-2-6-10-14;2-1-3/h1-12H;3H. The van der Waals surface area contributed by atoms with Crippen molar-refractivity contribution in [1.82, 2.24) is 0 Å². The van der Waals surface area contributed by atoms with E-state index < -0.39 is 0 Å². The van der Waals surface area contributed by atoms with Gasteiger partial charge in [0, 0.05) is 0 Å². The molecule has 0 aliphatic rings. The van der Waals surface area contributed by atoms with Gasteiger partial charge in [-0.25, -0.2) is 0 Å². The summed E-state index contributed by atoms with van der Waals surface area (Å²) in [4.78, 5) is 0. The normalized spacial score (nSPS) is 9.18. The Balaban J connectivity index is 0.000000437. The Bertz CT molecular complexity index is 442. The van der Waals surface area contributed by atoms with Crippen molar-refractivity contribution >= 4 is 24.8 Å². The van der Waals surface area contributed by atoms with E-state index in [0.29, 0.717) is 0 Å². The highest BCUT2D eigenvalue weighted by atomic mass is 32.1. The van der Waals surface area contributed by atoms with E-state index in [1.165, 1.54) is 16.5 Å². The van der Waals surface area contributed by atoms with Gasteiger partial charge in [0.2, 0.25) is 0 Å². The number of thiol groups is 1. The molecule has 0 aromatic heterocycles. The van der Waals surface area contributed by atoms with Crippen LogP contribution >= 0.6 is 12.6 Å². The molecule has 0 fully saturated rings. The van der Waals surface area contributed by atoms with Crippen molar-refractivity contribution in [2.45, 2.75) is 0 Å². The largest absolute Gasteiger partial charge is 0.185 e. The lowest BCUT2D eigenvalue weighted by molar-refractivity contribution is 1.57. The minimum atomic E-state index is 1.23. The summed E-state index contributed by atoms with van der Waals surface area (Å²) in [6.45, 7) is 0. The van der Waals surface area contributed by atoms with Crippen LogP contribution in [0, 0.1) is 10.7 Å². The summed E-state index contributed by atoms with van der Waals surface area (Å²) in [5.41, 5.74) is 2.47. The molecule has 2 heteroatoms. The van der Waals surface area contributed by atoms with Gasteiger partial charge in [0.05, 0.1) is 0 Å². The van der Waals surface area contributed by atoms with Crippen LogP contribution in [-0.4, -0.2) is 0 Å². The Morgan fingerprint density at radius 2 is 1.06 bits per heavy atom. The maximum atomic E-state index is 7.18. The van der Waals surface area contributed by atoms with Crippen LogP contribution in [0.2, 0.25) is 0 Å². The average molecular weight is 239 g/mol. The van der Waals surface area contributed by atoms with Crippen LogP contribution in [0.15, 0.2) is 60.7 Å². The summed E-state index contributed by atoms with van der Waals surface area (Å²) in [6.07, 6.45) is 4.24. The highest BCUT2D eigenvalue weighted by Gasteiger charge is 1.84. The molecule has 0 unspecified atom stereocenters. The second-order valence-corrected chi connectivity index (χ2v) is 3.45. The van der Waals surface area contributed by atoms with Gasteiger partial charge in [-0.3, -0.25) is 0 Å². The molecule has 2 aromatic carbocycles. The molecule has 0 heterocycles. The van der Waals surface area contributed by atoms with Gasteiger partial charge >= 0.3 is 0 Å². The van der Waals surface area contributed by atoms with E-state index in [2.05, 4.69) is 49.0 Å². The van der Waals surface area contributed by atoms with Crippen molar-refractivity contribution in [3.63, 3.8) is 0 Å². The molecule has 0 radical (unpaired) electrons. The third-order valence-electron chi connectivity index (χ3n) is 2.07. The van der Waals surface area contributed by atoms with Crippen LogP contribution < -0.4 is 0 Å². The predicted molar refractivity (Wildman–Crippen MR) is 76.4 cm³/mol. The van der Waals surface area contributed by atoms with Crippen molar-refractivity contribution in [3.8, 4) is 5.40 Å². The molecule has 0 N–H and O–H groups in total. The maximum absolute atomic E-state index is 7.18. The molecule has 0 aliphatic carbocycles. The molecule has 0 aliphatic heterocycles. The zero-order valence-electron chi connectivity index (χ0n) is 9.32. The van der Waals surface area contributed by atoms with Crippen LogP contribution in [0.5, 0.6) is 0 Å². The first kappa shape index (κ1) is 13.1. The lowest BCUT2D eigenvalue weighted by Gasteiger charge is -1.92. The summed E-state index contributed by atoms with van der Waals surface area (Å²) in [5, 5.41) is 8.63. The van der Waals surface area contributed by atoms with E-state index in [4.69, 9.17) is 5.26 Å². The number of thiocyanates is 1. The summed E-state index contributed by atoms with van der Waals surface area (Å²) >= 11 is 3.09. The predicted octanol–water partition coefficient (Wildman–Crippen LogP) is 4.25. The number of nitriles is 1. The molecule has 2 rings (SSSR count). The van der Waals surface area contributed by atoms with Gasteiger partial charge in [-0.05, 0) is 11.1 Å². The monoisotopic (exact) mass is 239 g/mol. The first-order chi connectivity index (χ1) is 8.36. The van der Waals surface area contributed by atoms with Crippen molar-refractivity contribution in [3.05, 3.63) is 71.8 Å². The zero-order chi connectivity index (χ0) is 12.3. The molecule has 0 bridgehead atoms. The van der Waals surface area contributed by atoms with E-state index in [-0.39, 0.29) is 0 Å². The number of rotatable bonds is 2. The van der Waals surface area contributed by atoms with Crippen LogP contribution in [0.1, 0.15) is 11.1 Å². The first-order valence-electron chi connectivity index (χ1n) is 5.18. The van der Waals surface area contributed by atoms with Crippen molar-refractivity contribution < 1.29 is 0 Å². The van der Waals surface area contributed by atoms with Crippen LogP contribution in [0.4, 0.5) is 0 Å². The topological polar surface area (TPSA) is 23.8 Å². The highest BCUT2D eigenvalue weighted by Crippen LogP contribution is 2.06. The highest BCUT2D eigenvalue weighted by molar-refractivity contribution is 7.85. The van der Waals surface area contributed by atoms with Crippen molar-refractivity contribution in [2.75, 3.05) is 0 Å². The third kappa shape index (κ3) is 5.60. The van der Waals surface area contributed by atoms with E-state index in [1.807, 2.05) is 36.4 Å². The minimum Gasteiger partial charge on any atom is -0.185 e. The van der Waals surface area contributed by atoms with Crippen molar-refractivity contribution in [1.29, 1.82) is 5.26 Å². The van der Waals surface area contributed by atoms with E-state index in [0.717, 1.165) is 0 Å². The molecule has 2 aromatic rings. The fraction of sp³-hybridized carbons (Fsp3) is 0. The zero-order valence-corrected chi connectivity index (χ0v) is 10.2. The lowest BCUT2D eigenvalue weighted by atomic mass is 10.1. The molecule has 0 saturated carbocycles. The molecule has 0 spiro atoms. The van der Waals surface area contributed by atoms with Gasteiger partial charge in [0.1, 0.15) is 5.40 Å². The first-order valence-corrected chi connectivity index (χ1v) is 5.63. The summed E-state index contributed by atoms with van der Waals surface area (Å²) in [7, 11) is 0. The Morgan fingerprint density at radius 1 is 0.765 bits per heavy atom. The van der Waals surface area contributed by atoms with Crippen LogP contribution in [0.3, 0.4) is 0 Å². The van der Waals surface area contributed by atoms with Gasteiger partial charge in [0.25, 0.3) is 0 Å². The van der Waals surface area contributed by atoms with Gasteiger partial charge in [-0.1, -0.05) is 85.4 Å². The fourth-order valence-corrected chi connectivity index (χ4v) is 1.32. The van der Waals surface area contributed by atoms with E-state index in [1.54, 1.807) is 0 Å². The van der Waals surface area contributed by atoms with Crippen molar-refractivity contribution in [2.24, 2.45) is 0 Å². The average Bonchev–Trinajstić information content (AvgIpc) is 2.40. The SMILES string of the molecule is C(=Cc1ccccc1)c1ccccc1.N#CS. The minimum absolute atomic E-state index is 1.23. The second kappa shape index (κ2) is 8.20. The Hall–Kier alpha value is -1.98. The Labute approximate surface area is 107 Å². The summed E-state index contributed by atoms with van der Waals surface area (Å²) < 4.78 is 0. The van der Waals surface area contributed by atoms with Gasteiger partial charge < -0.3 is 0 Å². The molecule has 0 atom stereocenters. The molecular weight excluding hydrogens is 226 g/mol. The molecule has 0 amide bonds. The second-order valence-electron chi connectivity index (χ2n) is 3.25. The molecule has 0 saturated heterocycles. The number of hydrogen-bond donors (Lipinski definition) is 1. The van der Waals surface area contributed by atoms with Gasteiger partial charge in [0.15, 0.2) is 0 Å². The number of nitrogens with zero attached hydrogens (tertiary/aromatic N) is 1. The molecular formula is C15H13NS. The lowest BCUT2D eigenvalue weighted by Crippen LogP contribution is -1.70. The Morgan fingerprint density at radius 3 is 1.35 bits per heavy atom. The van der Waals surface area contributed by atoms with Gasteiger partial charge in [-0.15, -0.1) is 0 Å². The quantitative estimate of drug-likeness (QED) is 0.472. The number of hydrogen-bond acceptors (Lipinski definition) is 2. The molecule has 1 nitrogen and oxygen atoms in total. The van der Waals surface area contributed by atoms with E-state index in [9.17, 15) is 0 Å². The van der Waals surface area contributed by atoms with Crippen LogP contribution in [0.25, 0.3) is 12.2 Å². The van der Waals surface area contributed by atoms with Crippen LogP contribution in [-0.2, 0) is 0 Å². The Kier molecular flexibility index (Phi) is 6.32. The maximum Gasteiger partial charge on any atom is 0.130 e. The van der Waals surface area contributed by atoms with E-state index >= 15 is 0 Å². The third-order valence-corrected chi connectivity index (χ3v) is 2.07. The van der Waals surface area contributed by atoms with Gasteiger partial charge in [-0.2, -0.15) is 5.26 Å². The summed E-state index contributed by atoms with van der Waals surface area (Å²) in [5.74, 6) is 0.